The van der Waals surface area contributed by atoms with Crippen LogP contribution in [0, 0.1) is 10.1 Å². The molecule has 0 aliphatic rings. The predicted octanol–water partition coefficient (Wildman–Crippen LogP) is 2.05. The number of hydrogen-bond donors (Lipinski definition) is 2. The quantitative estimate of drug-likeness (QED) is 0.610. The zero-order chi connectivity index (χ0) is 11.3. The van der Waals surface area contributed by atoms with Gasteiger partial charge in [-0.1, -0.05) is 11.6 Å². The highest BCUT2D eigenvalue weighted by atomic mass is 35.5. The molecule has 0 aromatic heterocycles. The molecule has 1 aromatic carbocycles. The van der Waals surface area contributed by atoms with Gasteiger partial charge in [-0.15, -0.1) is 0 Å². The Morgan fingerprint density at radius 1 is 1.47 bits per heavy atom. The third-order valence-corrected chi connectivity index (χ3v) is 1.88. The summed E-state index contributed by atoms with van der Waals surface area (Å²) < 4.78 is 0. The molecule has 6 heteroatoms. The summed E-state index contributed by atoms with van der Waals surface area (Å²) in [7, 11) is 1.60. The van der Waals surface area contributed by atoms with E-state index < -0.39 is 4.92 Å². The van der Waals surface area contributed by atoms with Crippen LogP contribution < -0.4 is 10.6 Å². The van der Waals surface area contributed by atoms with E-state index in [0.717, 1.165) is 11.9 Å². The summed E-state index contributed by atoms with van der Waals surface area (Å²) in [5, 5.41) is 16.4. The largest absolute Gasteiger partial charge is 0.370 e. The van der Waals surface area contributed by atoms with Crippen molar-refractivity contribution in [3.05, 3.63) is 51.4 Å². The number of nitrogens with zero attached hydrogens (tertiary/aromatic N) is 1. The van der Waals surface area contributed by atoms with Crippen LogP contribution in [0.4, 0.5) is 5.69 Å². The highest BCUT2D eigenvalue weighted by Gasteiger charge is 2.00. The first-order chi connectivity index (χ1) is 7.11. The third-order valence-electron chi connectivity index (χ3n) is 1.63. The van der Waals surface area contributed by atoms with Crippen molar-refractivity contribution in [2.24, 2.45) is 0 Å². The Morgan fingerprint density at radius 2 is 2.07 bits per heavy atom. The summed E-state index contributed by atoms with van der Waals surface area (Å²) >= 11 is 5.70. The van der Waals surface area contributed by atoms with Gasteiger partial charge >= 0.3 is 0 Å². The molecule has 0 unspecified atom stereocenters. The molecule has 0 heterocycles. The van der Waals surface area contributed by atoms with Crippen molar-refractivity contribution >= 4 is 17.3 Å². The zero-order valence-corrected chi connectivity index (χ0v) is 8.78. The maximum absolute atomic E-state index is 10.2. The first-order valence-electron chi connectivity index (χ1n) is 4.17. The molecular weight excluding hydrogens is 218 g/mol. The third kappa shape index (κ3) is 3.86. The second-order valence-corrected chi connectivity index (χ2v) is 3.15. The van der Waals surface area contributed by atoms with Crippen LogP contribution in [0.1, 0.15) is 0 Å². The van der Waals surface area contributed by atoms with E-state index in [2.05, 4.69) is 10.6 Å². The van der Waals surface area contributed by atoms with Crippen molar-refractivity contribution in [3.63, 3.8) is 0 Å². The van der Waals surface area contributed by atoms with Crippen LogP contribution in [0.5, 0.6) is 0 Å². The molecule has 0 bridgehead atoms. The van der Waals surface area contributed by atoms with E-state index in [1.54, 1.807) is 31.3 Å². The van der Waals surface area contributed by atoms with Gasteiger partial charge in [-0.25, -0.2) is 0 Å². The van der Waals surface area contributed by atoms with E-state index >= 15 is 0 Å². The van der Waals surface area contributed by atoms with Gasteiger partial charge in [0.05, 0.1) is 4.92 Å². The molecule has 0 radical (unpaired) electrons. The number of nitro groups is 1. The molecule has 0 saturated heterocycles. The molecule has 0 fully saturated rings. The molecular formula is C9H10ClN3O2. The maximum atomic E-state index is 10.2. The molecule has 0 aliphatic carbocycles. The summed E-state index contributed by atoms with van der Waals surface area (Å²) in [6, 6.07) is 6.85. The van der Waals surface area contributed by atoms with Crippen LogP contribution in [0.3, 0.4) is 0 Å². The van der Waals surface area contributed by atoms with Gasteiger partial charge in [-0.05, 0) is 24.3 Å². The standard InChI is InChI=1S/C9H10ClN3O2/c1-11-9(6-13(14)15)12-8-4-2-7(10)3-5-8/h2-6,11-12H,1H3/b9-6+. The Balaban J connectivity index is 2.75. The van der Waals surface area contributed by atoms with Gasteiger partial charge < -0.3 is 10.6 Å². The van der Waals surface area contributed by atoms with Crippen LogP contribution in [-0.2, 0) is 0 Å². The molecule has 0 amide bonds. The predicted molar refractivity (Wildman–Crippen MR) is 59.2 cm³/mol. The number of halogens is 1. The lowest BCUT2D eigenvalue weighted by Gasteiger charge is -2.07. The van der Waals surface area contributed by atoms with Crippen LogP contribution in [0.2, 0.25) is 5.02 Å². The van der Waals surface area contributed by atoms with Gasteiger partial charge in [-0.3, -0.25) is 10.1 Å². The minimum Gasteiger partial charge on any atom is -0.370 e. The lowest BCUT2D eigenvalue weighted by Crippen LogP contribution is -2.16. The lowest BCUT2D eigenvalue weighted by molar-refractivity contribution is -0.403. The van der Waals surface area contributed by atoms with E-state index in [4.69, 9.17) is 11.6 Å². The van der Waals surface area contributed by atoms with Crippen molar-refractivity contribution in [3.8, 4) is 0 Å². The first kappa shape index (κ1) is 11.3. The molecule has 0 spiro atoms. The fraction of sp³-hybridized carbons (Fsp3) is 0.111. The van der Waals surface area contributed by atoms with E-state index in [0.29, 0.717) is 10.8 Å². The molecule has 0 aliphatic heterocycles. The van der Waals surface area contributed by atoms with Gasteiger partial charge in [-0.2, -0.15) is 0 Å². The van der Waals surface area contributed by atoms with Gasteiger partial charge in [0.25, 0.3) is 6.20 Å². The Bertz CT molecular complexity index is 375. The molecule has 1 aromatic rings. The molecule has 1 rings (SSSR count). The summed E-state index contributed by atoms with van der Waals surface area (Å²) in [5.74, 6) is 0.308. The molecule has 80 valence electrons. The molecule has 5 nitrogen and oxygen atoms in total. The minimum atomic E-state index is -0.533. The summed E-state index contributed by atoms with van der Waals surface area (Å²) in [6.45, 7) is 0. The van der Waals surface area contributed by atoms with Crippen LogP contribution in [0.15, 0.2) is 36.3 Å². The summed E-state index contributed by atoms with van der Waals surface area (Å²) in [6.07, 6.45) is 0.856. The van der Waals surface area contributed by atoms with E-state index in [-0.39, 0.29) is 0 Å². The van der Waals surface area contributed by atoms with Gasteiger partial charge in [0.2, 0.25) is 0 Å². The Hall–Kier alpha value is -1.75. The van der Waals surface area contributed by atoms with Gasteiger partial charge in [0.15, 0.2) is 5.82 Å². The van der Waals surface area contributed by atoms with E-state index in [1.807, 2.05) is 0 Å². The minimum absolute atomic E-state index is 0.308. The molecule has 2 N–H and O–H groups in total. The number of hydrogen-bond acceptors (Lipinski definition) is 4. The zero-order valence-electron chi connectivity index (χ0n) is 8.03. The van der Waals surface area contributed by atoms with Crippen LogP contribution in [0.25, 0.3) is 0 Å². The Morgan fingerprint density at radius 3 is 2.53 bits per heavy atom. The number of benzene rings is 1. The first-order valence-corrected chi connectivity index (χ1v) is 4.55. The van der Waals surface area contributed by atoms with Gasteiger partial charge in [0, 0.05) is 17.8 Å². The summed E-state index contributed by atoms with van der Waals surface area (Å²) in [5.41, 5.74) is 0.724. The fourth-order valence-corrected chi connectivity index (χ4v) is 1.08. The highest BCUT2D eigenvalue weighted by Crippen LogP contribution is 2.14. The maximum Gasteiger partial charge on any atom is 0.274 e. The van der Waals surface area contributed by atoms with E-state index in [1.165, 1.54) is 0 Å². The monoisotopic (exact) mass is 227 g/mol. The fourth-order valence-electron chi connectivity index (χ4n) is 0.953. The highest BCUT2D eigenvalue weighted by molar-refractivity contribution is 6.30. The second-order valence-electron chi connectivity index (χ2n) is 2.71. The second kappa shape index (κ2) is 5.21. The smallest absolute Gasteiger partial charge is 0.274 e. The van der Waals surface area contributed by atoms with Gasteiger partial charge in [0.1, 0.15) is 0 Å². The van der Waals surface area contributed by atoms with E-state index in [9.17, 15) is 10.1 Å². The average Bonchev–Trinajstić information content (AvgIpc) is 2.19. The number of rotatable bonds is 4. The molecule has 0 atom stereocenters. The van der Waals surface area contributed by atoms with Crippen LogP contribution in [-0.4, -0.2) is 12.0 Å². The van der Waals surface area contributed by atoms with Crippen molar-refractivity contribution < 1.29 is 4.92 Å². The number of anilines is 1. The topological polar surface area (TPSA) is 67.2 Å². The Kier molecular flexibility index (Phi) is 3.93. The average molecular weight is 228 g/mol. The van der Waals surface area contributed by atoms with Crippen molar-refractivity contribution in [1.82, 2.24) is 5.32 Å². The lowest BCUT2D eigenvalue weighted by atomic mass is 10.3. The van der Waals surface area contributed by atoms with Crippen molar-refractivity contribution in [2.75, 3.05) is 12.4 Å². The molecule has 15 heavy (non-hydrogen) atoms. The Labute approximate surface area is 91.9 Å². The van der Waals surface area contributed by atoms with Crippen molar-refractivity contribution in [1.29, 1.82) is 0 Å². The SMILES string of the molecule is CN/C(=C\[N+](=O)[O-])Nc1ccc(Cl)cc1. The number of nitrogens with one attached hydrogen (secondary N) is 2. The van der Waals surface area contributed by atoms with Crippen LogP contribution >= 0.6 is 11.6 Å². The summed E-state index contributed by atoms with van der Waals surface area (Å²) in [4.78, 5) is 9.71. The van der Waals surface area contributed by atoms with Crippen molar-refractivity contribution in [2.45, 2.75) is 0 Å². The molecule has 0 saturated carbocycles. The normalized spacial score (nSPS) is 10.9.